The second-order valence-corrected chi connectivity index (χ2v) is 6.16. The second kappa shape index (κ2) is 8.61. The van der Waals surface area contributed by atoms with Gasteiger partial charge in [-0.25, -0.2) is 0 Å². The number of hydrogen-bond donors (Lipinski definition) is 2. The molecule has 0 fully saturated rings. The van der Waals surface area contributed by atoms with Crippen LogP contribution in [-0.2, 0) is 4.74 Å². The van der Waals surface area contributed by atoms with Gasteiger partial charge in [0.1, 0.15) is 0 Å². The molecule has 0 radical (unpaired) electrons. The van der Waals surface area contributed by atoms with Gasteiger partial charge in [-0.15, -0.1) is 0 Å². The largest absolute Gasteiger partial charge is 0.383 e. The van der Waals surface area contributed by atoms with Crippen LogP contribution in [0.25, 0.3) is 0 Å². The fourth-order valence-corrected chi connectivity index (χ4v) is 2.68. The quantitative estimate of drug-likeness (QED) is 0.793. The molecule has 5 nitrogen and oxygen atoms in total. The van der Waals surface area contributed by atoms with Crippen LogP contribution < -0.4 is 10.6 Å². The first-order chi connectivity index (χ1) is 11.5. The van der Waals surface area contributed by atoms with Crippen molar-refractivity contribution in [1.29, 1.82) is 0 Å². The molecule has 2 rings (SSSR count). The summed E-state index contributed by atoms with van der Waals surface area (Å²) in [6, 6.07) is 13.9. The molecule has 0 saturated carbocycles. The molecule has 0 aliphatic rings. The van der Waals surface area contributed by atoms with Crippen LogP contribution in [0.5, 0.6) is 0 Å². The molecule has 0 aromatic heterocycles. The molecule has 0 bridgehead atoms. The van der Waals surface area contributed by atoms with Gasteiger partial charge in [-0.1, -0.05) is 24.3 Å². The maximum absolute atomic E-state index is 12.4. The van der Waals surface area contributed by atoms with Gasteiger partial charge in [-0.3, -0.25) is 9.59 Å². The number of halogens is 1. The first kappa shape index (κ1) is 18.2. The summed E-state index contributed by atoms with van der Waals surface area (Å²) in [5.41, 5.74) is 1.36. The fourth-order valence-electron chi connectivity index (χ4n) is 2.22. The Morgan fingerprint density at radius 1 is 1.04 bits per heavy atom. The average molecular weight is 391 g/mol. The third kappa shape index (κ3) is 4.66. The predicted molar refractivity (Wildman–Crippen MR) is 97.3 cm³/mol. The smallest absolute Gasteiger partial charge is 0.256 e. The molecule has 0 aliphatic carbocycles. The lowest BCUT2D eigenvalue weighted by Gasteiger charge is -2.15. The molecule has 1 unspecified atom stereocenters. The van der Waals surface area contributed by atoms with Gasteiger partial charge in [0, 0.05) is 17.6 Å². The number of amides is 2. The normalized spacial score (nSPS) is 11.6. The van der Waals surface area contributed by atoms with Crippen molar-refractivity contribution in [3.63, 3.8) is 0 Å². The summed E-state index contributed by atoms with van der Waals surface area (Å²) in [5.74, 6) is -0.546. The van der Waals surface area contributed by atoms with E-state index in [9.17, 15) is 9.59 Å². The molecule has 1 atom stereocenters. The van der Waals surface area contributed by atoms with Crippen molar-refractivity contribution in [2.24, 2.45) is 0 Å². The van der Waals surface area contributed by atoms with E-state index >= 15 is 0 Å². The summed E-state index contributed by atoms with van der Waals surface area (Å²) in [6.45, 7) is 2.26. The van der Waals surface area contributed by atoms with Gasteiger partial charge in [0.05, 0.1) is 23.4 Å². The van der Waals surface area contributed by atoms with E-state index in [0.29, 0.717) is 27.9 Å². The molecule has 126 valence electrons. The number of ether oxygens (including phenoxy) is 1. The lowest BCUT2D eigenvalue weighted by atomic mass is 10.1. The van der Waals surface area contributed by atoms with E-state index in [1.54, 1.807) is 49.6 Å². The standard InChI is InChI=1S/C18H19BrN2O3/c1-12(11-24-2)20-18(23)14-8-4-6-10-16(14)21-17(22)13-7-3-5-9-15(13)19/h3-10,12H,11H2,1-2H3,(H,20,23)(H,21,22). The Morgan fingerprint density at radius 2 is 1.67 bits per heavy atom. The molecule has 0 saturated heterocycles. The molecule has 2 N–H and O–H groups in total. The average Bonchev–Trinajstić information content (AvgIpc) is 2.55. The number of nitrogens with one attached hydrogen (secondary N) is 2. The van der Waals surface area contributed by atoms with Crippen LogP contribution in [0.3, 0.4) is 0 Å². The van der Waals surface area contributed by atoms with Crippen LogP contribution in [0.2, 0.25) is 0 Å². The van der Waals surface area contributed by atoms with E-state index in [2.05, 4.69) is 26.6 Å². The molecule has 24 heavy (non-hydrogen) atoms. The lowest BCUT2D eigenvalue weighted by molar-refractivity contribution is 0.0906. The van der Waals surface area contributed by atoms with Crippen LogP contribution in [0.4, 0.5) is 5.69 Å². The van der Waals surface area contributed by atoms with Gasteiger partial charge in [0.15, 0.2) is 0 Å². The molecule has 0 aliphatic heterocycles. The summed E-state index contributed by atoms with van der Waals surface area (Å²) in [7, 11) is 1.58. The number of rotatable bonds is 6. The molecule has 6 heteroatoms. The SMILES string of the molecule is COCC(C)NC(=O)c1ccccc1NC(=O)c1ccccc1Br. The zero-order chi connectivity index (χ0) is 17.5. The molecular weight excluding hydrogens is 372 g/mol. The maximum Gasteiger partial charge on any atom is 0.256 e. The van der Waals surface area contributed by atoms with Gasteiger partial charge in [0.25, 0.3) is 11.8 Å². The summed E-state index contributed by atoms with van der Waals surface area (Å²) < 4.78 is 5.71. The number of para-hydroxylation sites is 1. The molecule has 2 amide bonds. The molecule has 2 aromatic rings. The minimum Gasteiger partial charge on any atom is -0.383 e. The Balaban J connectivity index is 2.18. The zero-order valence-electron chi connectivity index (χ0n) is 13.5. The van der Waals surface area contributed by atoms with Crippen molar-refractivity contribution in [2.75, 3.05) is 19.0 Å². The summed E-state index contributed by atoms with van der Waals surface area (Å²) >= 11 is 3.35. The van der Waals surface area contributed by atoms with Crippen LogP contribution >= 0.6 is 15.9 Å². The maximum atomic E-state index is 12.4. The Labute approximate surface area is 149 Å². The Hall–Kier alpha value is -2.18. The number of anilines is 1. The van der Waals surface area contributed by atoms with Gasteiger partial charge < -0.3 is 15.4 Å². The van der Waals surface area contributed by atoms with Crippen molar-refractivity contribution < 1.29 is 14.3 Å². The van der Waals surface area contributed by atoms with Crippen molar-refractivity contribution in [3.8, 4) is 0 Å². The highest BCUT2D eigenvalue weighted by atomic mass is 79.9. The number of methoxy groups -OCH3 is 1. The highest BCUT2D eigenvalue weighted by molar-refractivity contribution is 9.10. The number of carbonyl (C=O) groups excluding carboxylic acids is 2. The number of carbonyl (C=O) groups is 2. The summed E-state index contributed by atoms with van der Waals surface area (Å²) in [5, 5.41) is 5.63. The minimum absolute atomic E-state index is 0.130. The number of hydrogen-bond acceptors (Lipinski definition) is 3. The Morgan fingerprint density at radius 3 is 2.33 bits per heavy atom. The monoisotopic (exact) mass is 390 g/mol. The number of benzene rings is 2. The van der Waals surface area contributed by atoms with Gasteiger partial charge >= 0.3 is 0 Å². The molecule has 2 aromatic carbocycles. The Bertz CT molecular complexity index is 734. The summed E-state index contributed by atoms with van der Waals surface area (Å²) in [4.78, 5) is 24.9. The third-order valence-corrected chi connectivity index (χ3v) is 4.02. The topological polar surface area (TPSA) is 67.4 Å². The highest BCUT2D eigenvalue weighted by Crippen LogP contribution is 2.20. The Kier molecular flexibility index (Phi) is 6.52. The first-order valence-electron chi connectivity index (χ1n) is 7.47. The van der Waals surface area contributed by atoms with E-state index in [4.69, 9.17) is 4.74 Å². The third-order valence-electron chi connectivity index (χ3n) is 3.33. The van der Waals surface area contributed by atoms with E-state index in [-0.39, 0.29) is 17.9 Å². The second-order valence-electron chi connectivity index (χ2n) is 5.31. The fraction of sp³-hybridized carbons (Fsp3) is 0.222. The van der Waals surface area contributed by atoms with E-state index in [0.717, 1.165) is 0 Å². The van der Waals surface area contributed by atoms with Crippen LogP contribution in [0.1, 0.15) is 27.6 Å². The van der Waals surface area contributed by atoms with Crippen molar-refractivity contribution in [2.45, 2.75) is 13.0 Å². The van der Waals surface area contributed by atoms with Crippen LogP contribution in [0.15, 0.2) is 53.0 Å². The van der Waals surface area contributed by atoms with Crippen LogP contribution in [-0.4, -0.2) is 31.6 Å². The lowest BCUT2D eigenvalue weighted by Crippen LogP contribution is -2.36. The van der Waals surface area contributed by atoms with Gasteiger partial charge in [-0.2, -0.15) is 0 Å². The predicted octanol–water partition coefficient (Wildman–Crippen LogP) is 3.47. The van der Waals surface area contributed by atoms with Gasteiger partial charge in [-0.05, 0) is 47.1 Å². The first-order valence-corrected chi connectivity index (χ1v) is 8.27. The molecular formula is C18H19BrN2O3. The molecule has 0 spiro atoms. The van der Waals surface area contributed by atoms with E-state index in [1.165, 1.54) is 0 Å². The van der Waals surface area contributed by atoms with Gasteiger partial charge in [0.2, 0.25) is 0 Å². The summed E-state index contributed by atoms with van der Waals surface area (Å²) in [6.07, 6.45) is 0. The highest BCUT2D eigenvalue weighted by Gasteiger charge is 2.16. The van der Waals surface area contributed by atoms with Crippen molar-refractivity contribution in [1.82, 2.24) is 5.32 Å². The van der Waals surface area contributed by atoms with Crippen molar-refractivity contribution in [3.05, 3.63) is 64.1 Å². The van der Waals surface area contributed by atoms with Crippen LogP contribution in [0, 0.1) is 0 Å². The van der Waals surface area contributed by atoms with E-state index < -0.39 is 0 Å². The molecule has 0 heterocycles. The minimum atomic E-state index is -0.285. The van der Waals surface area contributed by atoms with E-state index in [1.807, 2.05) is 13.0 Å². The zero-order valence-corrected chi connectivity index (χ0v) is 15.1. The van der Waals surface area contributed by atoms with Crippen molar-refractivity contribution >= 4 is 33.4 Å².